The first-order valence-corrected chi connectivity index (χ1v) is 25.2. The van der Waals surface area contributed by atoms with E-state index in [0.29, 0.717) is 13.2 Å². The van der Waals surface area contributed by atoms with Gasteiger partial charge in [0.1, 0.15) is 48.8 Å². The molecule has 0 saturated carbocycles. The van der Waals surface area contributed by atoms with Gasteiger partial charge in [-0.2, -0.15) is 0 Å². The summed E-state index contributed by atoms with van der Waals surface area (Å²) in [6.07, 6.45) is -8.10. The number of ether oxygens (including phenoxy) is 11. The van der Waals surface area contributed by atoms with Crippen LogP contribution < -0.4 is 0 Å². The van der Waals surface area contributed by atoms with Crippen molar-refractivity contribution in [1.29, 1.82) is 0 Å². The van der Waals surface area contributed by atoms with Crippen LogP contribution in [0.25, 0.3) is 0 Å². The predicted octanol–water partition coefficient (Wildman–Crippen LogP) is 10.8. The summed E-state index contributed by atoms with van der Waals surface area (Å²) in [5.41, 5.74) is 6.95. The molecule has 73 heavy (non-hydrogen) atoms. The van der Waals surface area contributed by atoms with Gasteiger partial charge in [-0.15, -0.1) is 0 Å². The standard InChI is InChI=1S/C62H66O11/c1-63-61-59(69-42-51-33-19-7-20-34-51)58(68-41-50-31-17-6-18-32-50)56(54(71-61)45-65-38-47-25-11-3-12-26-47)73-62-60(70-43-52-35-21-8-22-36-52)57(67-40-49-29-15-5-16-30-49)55(66-39-48-27-13-4-14-28-48)53(72-62)44-64-37-46-23-9-2-10-24-46/h2-36,53-62H,37-45H2,1H3/t53-,54-,55+,56+,57+,58+,59-,60-,61-,62+/m1/s1. The molecule has 7 aromatic carbocycles. The van der Waals surface area contributed by atoms with Crippen LogP contribution >= 0.6 is 0 Å². The summed E-state index contributed by atoms with van der Waals surface area (Å²) in [6.45, 7) is 2.27. The van der Waals surface area contributed by atoms with Crippen LogP contribution in [0.15, 0.2) is 212 Å². The molecule has 0 bridgehead atoms. The Kier molecular flexibility index (Phi) is 19.9. The molecule has 380 valence electrons. The number of hydrogen-bond acceptors (Lipinski definition) is 11. The van der Waals surface area contributed by atoms with Crippen LogP contribution in [0, 0.1) is 0 Å². The normalized spacial score (nSPS) is 24.0. The predicted molar refractivity (Wildman–Crippen MR) is 276 cm³/mol. The molecule has 9 rings (SSSR count). The van der Waals surface area contributed by atoms with Gasteiger partial charge in [0.15, 0.2) is 12.6 Å². The molecule has 0 spiro atoms. The molecule has 0 amide bonds. The van der Waals surface area contributed by atoms with E-state index in [9.17, 15) is 0 Å². The van der Waals surface area contributed by atoms with Gasteiger partial charge >= 0.3 is 0 Å². The average molecular weight is 987 g/mol. The van der Waals surface area contributed by atoms with E-state index in [1.165, 1.54) is 0 Å². The van der Waals surface area contributed by atoms with Crippen molar-refractivity contribution in [1.82, 2.24) is 0 Å². The first-order chi connectivity index (χ1) is 36.2. The Morgan fingerprint density at radius 2 is 0.548 bits per heavy atom. The first-order valence-electron chi connectivity index (χ1n) is 25.2. The van der Waals surface area contributed by atoms with Crippen LogP contribution in [0.2, 0.25) is 0 Å². The highest BCUT2D eigenvalue weighted by molar-refractivity contribution is 5.19. The zero-order chi connectivity index (χ0) is 49.7. The van der Waals surface area contributed by atoms with Crippen molar-refractivity contribution in [3.05, 3.63) is 251 Å². The highest BCUT2D eigenvalue weighted by atomic mass is 16.8. The molecule has 0 N–H and O–H groups in total. The molecule has 7 aromatic rings. The average Bonchev–Trinajstić information content (AvgIpc) is 3.45. The van der Waals surface area contributed by atoms with E-state index < -0.39 is 61.4 Å². The lowest BCUT2D eigenvalue weighted by Gasteiger charge is -2.50. The Balaban J connectivity index is 1.11. The van der Waals surface area contributed by atoms with E-state index >= 15 is 0 Å². The summed E-state index contributed by atoms with van der Waals surface area (Å²) in [5.74, 6) is 0. The maximum Gasteiger partial charge on any atom is 0.187 e. The third kappa shape index (κ3) is 15.3. The third-order valence-corrected chi connectivity index (χ3v) is 12.9. The monoisotopic (exact) mass is 986 g/mol. The smallest absolute Gasteiger partial charge is 0.187 e. The molecular weight excluding hydrogens is 921 g/mol. The van der Waals surface area contributed by atoms with E-state index in [-0.39, 0.29) is 46.2 Å². The van der Waals surface area contributed by atoms with Gasteiger partial charge in [0.25, 0.3) is 0 Å². The van der Waals surface area contributed by atoms with Gasteiger partial charge in [0.2, 0.25) is 0 Å². The van der Waals surface area contributed by atoms with Crippen molar-refractivity contribution >= 4 is 0 Å². The minimum atomic E-state index is -1.09. The van der Waals surface area contributed by atoms with Crippen molar-refractivity contribution < 1.29 is 52.1 Å². The van der Waals surface area contributed by atoms with Crippen molar-refractivity contribution in [2.75, 3.05) is 20.3 Å². The fourth-order valence-corrected chi connectivity index (χ4v) is 9.14. The molecule has 0 aromatic heterocycles. The first kappa shape index (κ1) is 52.0. The number of methoxy groups -OCH3 is 1. The molecule has 2 fully saturated rings. The molecule has 0 unspecified atom stereocenters. The van der Waals surface area contributed by atoms with Crippen LogP contribution in [-0.2, 0) is 98.4 Å². The summed E-state index contributed by atoms with van der Waals surface area (Å²) < 4.78 is 75.9. The fraction of sp³-hybridized carbons (Fsp3) is 0.323. The Bertz CT molecular complexity index is 2560. The zero-order valence-electron chi connectivity index (χ0n) is 41.3. The summed E-state index contributed by atoms with van der Waals surface area (Å²) >= 11 is 0. The Hall–Kier alpha value is -5.90. The molecule has 2 aliphatic heterocycles. The molecular formula is C62H66O11. The third-order valence-electron chi connectivity index (χ3n) is 12.9. The largest absolute Gasteiger partial charge is 0.374 e. The molecule has 11 nitrogen and oxygen atoms in total. The molecule has 2 saturated heterocycles. The van der Waals surface area contributed by atoms with Gasteiger partial charge in [-0.1, -0.05) is 212 Å². The quantitative estimate of drug-likeness (QED) is 0.0518. The molecule has 0 aliphatic carbocycles. The van der Waals surface area contributed by atoms with Gasteiger partial charge < -0.3 is 52.1 Å². The molecule has 10 atom stereocenters. The van der Waals surface area contributed by atoms with E-state index in [2.05, 4.69) is 0 Å². The lowest BCUT2D eigenvalue weighted by molar-refractivity contribution is -0.376. The second kappa shape index (κ2) is 28.0. The van der Waals surface area contributed by atoms with Crippen molar-refractivity contribution in [2.45, 2.75) is 108 Å². The maximum atomic E-state index is 7.51. The Morgan fingerprint density at radius 1 is 0.288 bits per heavy atom. The van der Waals surface area contributed by atoms with Crippen LogP contribution in [0.1, 0.15) is 38.9 Å². The second-order valence-corrected chi connectivity index (χ2v) is 18.2. The molecule has 11 heteroatoms. The lowest BCUT2D eigenvalue weighted by atomic mass is 9.95. The fourth-order valence-electron chi connectivity index (χ4n) is 9.14. The van der Waals surface area contributed by atoms with Crippen LogP contribution in [-0.4, -0.2) is 81.7 Å². The lowest BCUT2D eigenvalue weighted by Crippen LogP contribution is -2.66. The van der Waals surface area contributed by atoms with E-state index in [1.54, 1.807) is 7.11 Å². The summed E-state index contributed by atoms with van der Waals surface area (Å²) in [5, 5.41) is 0. The topological polar surface area (TPSA) is 102 Å². The van der Waals surface area contributed by atoms with Crippen LogP contribution in [0.4, 0.5) is 0 Å². The minimum absolute atomic E-state index is 0.124. The van der Waals surface area contributed by atoms with Crippen molar-refractivity contribution in [3.63, 3.8) is 0 Å². The van der Waals surface area contributed by atoms with Gasteiger partial charge in [-0.05, 0) is 38.9 Å². The summed E-state index contributed by atoms with van der Waals surface area (Å²) in [6, 6.07) is 70.4. The second-order valence-electron chi connectivity index (χ2n) is 18.2. The van der Waals surface area contributed by atoms with Crippen molar-refractivity contribution in [2.24, 2.45) is 0 Å². The van der Waals surface area contributed by atoms with E-state index in [0.717, 1.165) is 38.9 Å². The summed E-state index contributed by atoms with van der Waals surface area (Å²) in [4.78, 5) is 0. The highest BCUT2D eigenvalue weighted by Crippen LogP contribution is 2.37. The van der Waals surface area contributed by atoms with E-state index in [4.69, 9.17) is 52.1 Å². The van der Waals surface area contributed by atoms with Crippen LogP contribution in [0.3, 0.4) is 0 Å². The van der Waals surface area contributed by atoms with Gasteiger partial charge in [-0.25, -0.2) is 0 Å². The zero-order valence-corrected chi connectivity index (χ0v) is 41.3. The van der Waals surface area contributed by atoms with Gasteiger partial charge in [0, 0.05) is 7.11 Å². The minimum Gasteiger partial charge on any atom is -0.374 e. The maximum absolute atomic E-state index is 7.51. The number of rotatable bonds is 26. The van der Waals surface area contributed by atoms with E-state index in [1.807, 2.05) is 212 Å². The number of hydrogen-bond donors (Lipinski definition) is 0. The Labute approximate surface area is 429 Å². The molecule has 2 heterocycles. The van der Waals surface area contributed by atoms with Crippen molar-refractivity contribution in [3.8, 4) is 0 Å². The molecule has 0 radical (unpaired) electrons. The molecule has 2 aliphatic rings. The van der Waals surface area contributed by atoms with Gasteiger partial charge in [0.05, 0.1) is 59.5 Å². The van der Waals surface area contributed by atoms with Gasteiger partial charge in [-0.3, -0.25) is 0 Å². The Morgan fingerprint density at radius 3 is 0.890 bits per heavy atom. The SMILES string of the molecule is CO[C@@H]1O[C@H](COCc2ccccc2)[C@H](O[C@@H]2O[C@H](COCc3ccccc3)[C@H](OCc3ccccc3)[C@H](OCc3ccccc3)[C@H]2OCc2ccccc2)[C@H](OCc2ccccc2)[C@H]1OCc1ccccc1. The highest BCUT2D eigenvalue weighted by Gasteiger charge is 2.54. The summed E-state index contributed by atoms with van der Waals surface area (Å²) in [7, 11) is 1.61. The number of benzene rings is 7. The van der Waals surface area contributed by atoms with Crippen LogP contribution in [0.5, 0.6) is 0 Å².